The fraction of sp³-hybridized carbons (Fsp3) is 0. The van der Waals surface area contributed by atoms with Crippen molar-refractivity contribution in [2.24, 2.45) is 0 Å². The number of para-hydroxylation sites is 4. The van der Waals surface area contributed by atoms with Gasteiger partial charge in [0.25, 0.3) is 6.71 Å². The lowest BCUT2D eigenvalue weighted by molar-refractivity contribution is 0.671. The lowest BCUT2D eigenvalue weighted by Gasteiger charge is -2.45. The highest BCUT2D eigenvalue weighted by Crippen LogP contribution is 2.55. The number of benzene rings is 15. The first kappa shape index (κ1) is 54.0. The second kappa shape index (κ2) is 21.5. The zero-order valence-electron chi connectivity index (χ0n) is 52.1. The Morgan fingerprint density at radius 2 is 0.552 bits per heavy atom. The second-order valence-electron chi connectivity index (χ2n) is 25.3. The molecule has 0 unspecified atom stereocenters. The van der Waals surface area contributed by atoms with E-state index in [0.29, 0.717) is 0 Å². The minimum Gasteiger partial charge on any atom is -0.456 e. The zero-order valence-corrected chi connectivity index (χ0v) is 52.1. The lowest BCUT2D eigenvalue weighted by atomic mass is 9.33. The fourth-order valence-corrected chi connectivity index (χ4v) is 16.0. The molecule has 0 aliphatic carbocycles. The standard InChI is InChI=1S/C90H56BN3O2/c1-7-27-57(28-8-1)63-47-49-76(70(51-63)59-31-11-3-12-32-59)93-78-53-65(92-74-43-23-19-39-66(74)67-40-20-24-44-75(67)92)54-79-86(78)91(87-80(93)55-72(61-35-15-5-16-36-61)84-68-41-21-25-45-82(68)95-89(84)87)88-81(56-73(62-37-17-6-18-38-62)85-69-42-22-26-46-83(69)96-90(85)88)94(79)77-50-48-64(58-29-9-2-10-30-58)52-71(77)60-33-13-4-14-34-60/h1-56H. The molecule has 5 heterocycles. The van der Waals surface area contributed by atoms with Crippen molar-refractivity contribution >= 4 is 123 Å². The Bertz CT molecular complexity index is 5770. The molecule has 0 saturated carbocycles. The van der Waals surface area contributed by atoms with Gasteiger partial charge in [-0.1, -0.05) is 267 Å². The van der Waals surface area contributed by atoms with E-state index in [2.05, 4.69) is 354 Å². The summed E-state index contributed by atoms with van der Waals surface area (Å²) in [5, 5.41) is 6.63. The van der Waals surface area contributed by atoms with E-state index < -0.39 is 6.71 Å². The molecule has 0 atom stereocenters. The first-order valence-corrected chi connectivity index (χ1v) is 33.0. The molecule has 0 radical (unpaired) electrons. The number of fused-ring (bicyclic) bond motifs is 15. The van der Waals surface area contributed by atoms with E-state index in [4.69, 9.17) is 8.83 Å². The third-order valence-electron chi connectivity index (χ3n) is 20.2. The van der Waals surface area contributed by atoms with Crippen LogP contribution in [0.1, 0.15) is 0 Å². The maximum Gasteiger partial charge on any atom is 0.261 e. The van der Waals surface area contributed by atoms with Gasteiger partial charge < -0.3 is 23.2 Å². The highest BCUT2D eigenvalue weighted by atomic mass is 16.3. The van der Waals surface area contributed by atoms with Crippen LogP contribution in [-0.4, -0.2) is 11.3 Å². The Balaban J connectivity index is 1.02. The average molecular weight is 1220 g/mol. The predicted octanol–water partition coefficient (Wildman–Crippen LogP) is 22.7. The molecule has 3 aromatic heterocycles. The molecule has 96 heavy (non-hydrogen) atoms. The number of aromatic nitrogens is 1. The minimum atomic E-state index is -0.479. The molecule has 20 rings (SSSR count). The van der Waals surface area contributed by atoms with Crippen molar-refractivity contribution in [3.8, 4) is 72.4 Å². The molecule has 0 bridgehead atoms. The maximum atomic E-state index is 7.73. The van der Waals surface area contributed by atoms with Crippen LogP contribution in [0.3, 0.4) is 0 Å². The van der Waals surface area contributed by atoms with Crippen LogP contribution < -0.4 is 26.2 Å². The number of nitrogens with zero attached hydrogens (tertiary/aromatic N) is 3. The number of anilines is 6. The molecule has 0 spiro atoms. The van der Waals surface area contributed by atoms with Gasteiger partial charge in [-0.25, -0.2) is 0 Å². The molecule has 2 aliphatic rings. The summed E-state index contributed by atoms with van der Waals surface area (Å²) in [5.41, 5.74) is 29.3. The Hall–Kier alpha value is -12.6. The van der Waals surface area contributed by atoms with Crippen molar-refractivity contribution in [1.82, 2.24) is 4.57 Å². The van der Waals surface area contributed by atoms with Gasteiger partial charge in [0.05, 0.1) is 28.1 Å². The van der Waals surface area contributed by atoms with Crippen LogP contribution in [0.4, 0.5) is 34.1 Å². The van der Waals surface area contributed by atoms with E-state index in [1.165, 1.54) is 10.8 Å². The molecule has 18 aromatic rings. The van der Waals surface area contributed by atoms with Crippen molar-refractivity contribution in [3.05, 3.63) is 340 Å². The zero-order chi connectivity index (χ0) is 63.0. The van der Waals surface area contributed by atoms with Gasteiger partial charge in [-0.2, -0.15) is 0 Å². The summed E-state index contributed by atoms with van der Waals surface area (Å²) in [6, 6.07) is 124. The molecule has 0 saturated heterocycles. The van der Waals surface area contributed by atoms with Gasteiger partial charge in [0.2, 0.25) is 0 Å². The van der Waals surface area contributed by atoms with Gasteiger partial charge in [0.1, 0.15) is 22.3 Å². The van der Waals surface area contributed by atoms with Gasteiger partial charge in [0, 0.05) is 66.2 Å². The second-order valence-corrected chi connectivity index (χ2v) is 25.3. The monoisotopic (exact) mass is 1220 g/mol. The topological polar surface area (TPSA) is 37.7 Å². The van der Waals surface area contributed by atoms with Gasteiger partial charge in [-0.15, -0.1) is 0 Å². The average Bonchev–Trinajstić information content (AvgIpc) is 1.14. The highest BCUT2D eigenvalue weighted by molar-refractivity contribution is 7.03. The quantitative estimate of drug-likeness (QED) is 0.135. The van der Waals surface area contributed by atoms with E-state index in [0.717, 1.165) is 178 Å². The summed E-state index contributed by atoms with van der Waals surface area (Å²) in [6.07, 6.45) is 0. The normalized spacial score (nSPS) is 12.5. The predicted molar refractivity (Wildman–Crippen MR) is 402 cm³/mol. The van der Waals surface area contributed by atoms with E-state index in [-0.39, 0.29) is 0 Å². The molecule has 0 fully saturated rings. The SMILES string of the molecule is c1ccc(-c2ccc(N3c4cc(-n5c6ccccc6c6ccccc65)cc5c4B(c4c3cc(-c3ccccc3)c3c4oc4ccccc43)c3c(cc(-c4ccccc4)c4c3oc3ccccc34)N5c3ccc(-c4ccccc4)cc3-c3ccccc3)c(-c3ccccc3)c2)cc1. The molecule has 2 aliphatic heterocycles. The van der Waals surface area contributed by atoms with Crippen LogP contribution in [-0.2, 0) is 0 Å². The Morgan fingerprint density at radius 3 is 0.948 bits per heavy atom. The van der Waals surface area contributed by atoms with Crippen LogP contribution in [0.25, 0.3) is 138 Å². The highest BCUT2D eigenvalue weighted by Gasteiger charge is 2.49. The summed E-state index contributed by atoms with van der Waals surface area (Å²) in [5.74, 6) is 0. The summed E-state index contributed by atoms with van der Waals surface area (Å²) in [7, 11) is 0. The van der Waals surface area contributed by atoms with E-state index in [1.54, 1.807) is 0 Å². The molecule has 6 heteroatoms. The van der Waals surface area contributed by atoms with Crippen LogP contribution >= 0.6 is 0 Å². The number of hydrogen-bond donors (Lipinski definition) is 0. The van der Waals surface area contributed by atoms with Crippen molar-refractivity contribution in [3.63, 3.8) is 0 Å². The van der Waals surface area contributed by atoms with E-state index >= 15 is 0 Å². The first-order valence-electron chi connectivity index (χ1n) is 33.0. The fourth-order valence-electron chi connectivity index (χ4n) is 16.0. The van der Waals surface area contributed by atoms with Crippen molar-refractivity contribution in [2.45, 2.75) is 0 Å². The van der Waals surface area contributed by atoms with Gasteiger partial charge >= 0.3 is 0 Å². The Labute approximate surface area is 554 Å². The number of hydrogen-bond acceptors (Lipinski definition) is 4. The maximum absolute atomic E-state index is 7.73. The lowest BCUT2D eigenvalue weighted by Crippen LogP contribution is -2.61. The minimum absolute atomic E-state index is 0.479. The molecule has 15 aromatic carbocycles. The summed E-state index contributed by atoms with van der Waals surface area (Å²) < 4.78 is 18.0. The van der Waals surface area contributed by atoms with Crippen molar-refractivity contribution in [1.29, 1.82) is 0 Å². The van der Waals surface area contributed by atoms with Gasteiger partial charge in [-0.3, -0.25) is 0 Å². The smallest absolute Gasteiger partial charge is 0.261 e. The Kier molecular flexibility index (Phi) is 12.1. The van der Waals surface area contributed by atoms with Crippen LogP contribution in [0.2, 0.25) is 0 Å². The largest absolute Gasteiger partial charge is 0.456 e. The van der Waals surface area contributed by atoms with Crippen LogP contribution in [0, 0.1) is 0 Å². The molecular weight excluding hydrogens is 1170 g/mol. The summed E-state index contributed by atoms with van der Waals surface area (Å²) >= 11 is 0. The summed E-state index contributed by atoms with van der Waals surface area (Å²) in [4.78, 5) is 5.21. The molecule has 0 N–H and O–H groups in total. The Morgan fingerprint density at radius 1 is 0.229 bits per heavy atom. The molecule has 0 amide bonds. The number of furan rings is 2. The van der Waals surface area contributed by atoms with Crippen molar-refractivity contribution < 1.29 is 8.83 Å². The van der Waals surface area contributed by atoms with E-state index in [9.17, 15) is 0 Å². The van der Waals surface area contributed by atoms with Crippen LogP contribution in [0.5, 0.6) is 0 Å². The van der Waals surface area contributed by atoms with Gasteiger partial charge in [0.15, 0.2) is 0 Å². The third kappa shape index (κ3) is 8.19. The molecular formula is C90H56BN3O2. The first-order chi connectivity index (χ1) is 47.7. The van der Waals surface area contributed by atoms with Crippen molar-refractivity contribution in [2.75, 3.05) is 9.80 Å². The third-order valence-corrected chi connectivity index (χ3v) is 20.2. The molecule has 446 valence electrons. The summed E-state index contributed by atoms with van der Waals surface area (Å²) in [6.45, 7) is -0.479. The molecule has 5 nitrogen and oxygen atoms in total. The number of rotatable bonds is 9. The van der Waals surface area contributed by atoms with Gasteiger partial charge in [-0.05, 0) is 145 Å². The van der Waals surface area contributed by atoms with Crippen LogP contribution in [0.15, 0.2) is 349 Å². The van der Waals surface area contributed by atoms with E-state index in [1.807, 2.05) is 0 Å².